The highest BCUT2D eigenvalue weighted by atomic mass is 16.5. The molecule has 6 heteroatoms. The van der Waals surface area contributed by atoms with E-state index in [9.17, 15) is 5.11 Å². The van der Waals surface area contributed by atoms with Crippen LogP contribution in [0, 0.1) is 20.8 Å². The molecule has 2 rings (SSSR count). The standard InChI is InChI=1S/C17H26N4O2/c1-12-7-6-8-13(2)17(12)23-11-15(22)9-20(4)10-16-19-18-14(3)21(16)5/h6-8,15,22H,9-11H2,1-5H3. The molecular weight excluding hydrogens is 292 g/mol. The van der Waals surface area contributed by atoms with Crippen LogP contribution in [0.5, 0.6) is 5.75 Å². The molecule has 1 aromatic carbocycles. The maximum Gasteiger partial charge on any atom is 0.146 e. The summed E-state index contributed by atoms with van der Waals surface area (Å²) in [4.78, 5) is 2.02. The number of aryl methyl sites for hydroxylation is 3. The fourth-order valence-corrected chi connectivity index (χ4v) is 2.51. The van der Waals surface area contributed by atoms with Gasteiger partial charge >= 0.3 is 0 Å². The number of likely N-dealkylation sites (N-methyl/N-ethyl adjacent to an activating group) is 1. The quantitative estimate of drug-likeness (QED) is 0.840. The third-order valence-electron chi connectivity index (χ3n) is 3.95. The number of rotatable bonds is 7. The number of aliphatic hydroxyl groups excluding tert-OH is 1. The molecule has 1 atom stereocenters. The molecule has 1 aromatic heterocycles. The predicted octanol–water partition coefficient (Wildman–Crippen LogP) is 1.61. The minimum Gasteiger partial charge on any atom is -0.490 e. The number of hydrogen-bond acceptors (Lipinski definition) is 5. The monoisotopic (exact) mass is 318 g/mol. The number of para-hydroxylation sites is 1. The van der Waals surface area contributed by atoms with Crippen LogP contribution < -0.4 is 4.74 Å². The molecule has 0 saturated heterocycles. The van der Waals surface area contributed by atoms with Gasteiger partial charge in [0.1, 0.15) is 30.1 Å². The van der Waals surface area contributed by atoms with Crippen molar-refractivity contribution >= 4 is 0 Å². The summed E-state index contributed by atoms with van der Waals surface area (Å²) in [7, 11) is 3.89. The molecule has 0 aliphatic heterocycles. The van der Waals surface area contributed by atoms with Crippen molar-refractivity contribution in [1.29, 1.82) is 0 Å². The van der Waals surface area contributed by atoms with Crippen LogP contribution in [0.25, 0.3) is 0 Å². The van der Waals surface area contributed by atoms with Crippen LogP contribution in [0.1, 0.15) is 22.8 Å². The molecule has 0 amide bonds. The van der Waals surface area contributed by atoms with Crippen LogP contribution in [0.3, 0.4) is 0 Å². The lowest BCUT2D eigenvalue weighted by Crippen LogP contribution is -2.33. The van der Waals surface area contributed by atoms with E-state index in [1.807, 2.05) is 62.5 Å². The van der Waals surface area contributed by atoms with Gasteiger partial charge in [-0.3, -0.25) is 4.90 Å². The van der Waals surface area contributed by atoms with Crippen LogP contribution >= 0.6 is 0 Å². The first-order valence-corrected chi connectivity index (χ1v) is 7.79. The van der Waals surface area contributed by atoms with Gasteiger partial charge in [0.05, 0.1) is 6.54 Å². The Kier molecular flexibility index (Phi) is 5.74. The molecule has 0 bridgehead atoms. The first kappa shape index (κ1) is 17.4. The topological polar surface area (TPSA) is 63.4 Å². The van der Waals surface area contributed by atoms with Crippen molar-refractivity contribution in [3.63, 3.8) is 0 Å². The van der Waals surface area contributed by atoms with E-state index in [0.29, 0.717) is 13.1 Å². The summed E-state index contributed by atoms with van der Waals surface area (Å²) in [5.41, 5.74) is 2.17. The van der Waals surface area contributed by atoms with Gasteiger partial charge in [0.2, 0.25) is 0 Å². The normalized spacial score (nSPS) is 12.7. The first-order chi connectivity index (χ1) is 10.9. The van der Waals surface area contributed by atoms with Gasteiger partial charge in [0, 0.05) is 13.6 Å². The van der Waals surface area contributed by atoms with E-state index in [4.69, 9.17) is 4.74 Å². The highest BCUT2D eigenvalue weighted by Crippen LogP contribution is 2.22. The second kappa shape index (κ2) is 7.57. The van der Waals surface area contributed by atoms with Gasteiger partial charge in [-0.05, 0) is 38.9 Å². The van der Waals surface area contributed by atoms with Crippen LogP contribution in [0.2, 0.25) is 0 Å². The lowest BCUT2D eigenvalue weighted by atomic mass is 10.1. The fraction of sp³-hybridized carbons (Fsp3) is 0.529. The Bertz CT molecular complexity index is 634. The highest BCUT2D eigenvalue weighted by molar-refractivity contribution is 5.39. The Morgan fingerprint density at radius 1 is 1.22 bits per heavy atom. The summed E-state index contributed by atoms with van der Waals surface area (Å²) in [6.07, 6.45) is -0.562. The molecule has 0 fully saturated rings. The molecular formula is C17H26N4O2. The summed E-state index contributed by atoms with van der Waals surface area (Å²) in [5, 5.41) is 18.4. The smallest absolute Gasteiger partial charge is 0.146 e. The molecule has 0 aliphatic rings. The number of nitrogens with zero attached hydrogens (tertiary/aromatic N) is 4. The zero-order valence-corrected chi connectivity index (χ0v) is 14.6. The maximum absolute atomic E-state index is 10.2. The Morgan fingerprint density at radius 2 is 1.87 bits per heavy atom. The average molecular weight is 318 g/mol. The van der Waals surface area contributed by atoms with Crippen molar-refractivity contribution in [1.82, 2.24) is 19.7 Å². The Labute approximate surface area is 137 Å². The van der Waals surface area contributed by atoms with Crippen molar-refractivity contribution in [3.8, 4) is 5.75 Å². The largest absolute Gasteiger partial charge is 0.490 e. The van der Waals surface area contributed by atoms with Gasteiger partial charge in [0.15, 0.2) is 0 Å². The summed E-state index contributed by atoms with van der Waals surface area (Å²) < 4.78 is 7.75. The Morgan fingerprint density at radius 3 is 2.43 bits per heavy atom. The molecule has 1 N–H and O–H groups in total. The van der Waals surface area contributed by atoms with E-state index in [-0.39, 0.29) is 6.61 Å². The second-order valence-corrected chi connectivity index (χ2v) is 6.10. The van der Waals surface area contributed by atoms with Crippen molar-refractivity contribution in [2.45, 2.75) is 33.4 Å². The van der Waals surface area contributed by atoms with Gasteiger partial charge in [-0.1, -0.05) is 18.2 Å². The minimum absolute atomic E-state index is 0.272. The summed E-state index contributed by atoms with van der Waals surface area (Å²) >= 11 is 0. The van der Waals surface area contributed by atoms with E-state index in [1.165, 1.54) is 0 Å². The van der Waals surface area contributed by atoms with E-state index < -0.39 is 6.10 Å². The zero-order valence-electron chi connectivity index (χ0n) is 14.6. The van der Waals surface area contributed by atoms with Crippen molar-refractivity contribution in [2.24, 2.45) is 7.05 Å². The van der Waals surface area contributed by atoms with Crippen LogP contribution in [0.15, 0.2) is 18.2 Å². The zero-order chi connectivity index (χ0) is 17.0. The van der Waals surface area contributed by atoms with Gasteiger partial charge < -0.3 is 14.4 Å². The Hall–Kier alpha value is -1.92. The van der Waals surface area contributed by atoms with E-state index in [1.54, 1.807) is 0 Å². The van der Waals surface area contributed by atoms with Gasteiger partial charge in [-0.15, -0.1) is 10.2 Å². The third-order valence-corrected chi connectivity index (χ3v) is 3.95. The fourth-order valence-electron chi connectivity index (χ4n) is 2.51. The SMILES string of the molecule is Cc1cccc(C)c1OCC(O)CN(C)Cc1nnc(C)n1C. The lowest BCUT2D eigenvalue weighted by Gasteiger charge is -2.21. The van der Waals surface area contributed by atoms with Crippen LogP contribution in [-0.2, 0) is 13.6 Å². The molecule has 0 aliphatic carbocycles. The van der Waals surface area contributed by atoms with Gasteiger partial charge in [-0.25, -0.2) is 0 Å². The van der Waals surface area contributed by atoms with Gasteiger partial charge in [0.25, 0.3) is 0 Å². The summed E-state index contributed by atoms with van der Waals surface area (Å²) in [6.45, 7) is 7.36. The molecule has 0 spiro atoms. The van der Waals surface area contributed by atoms with Crippen molar-refractivity contribution < 1.29 is 9.84 Å². The third kappa shape index (κ3) is 4.53. The van der Waals surface area contributed by atoms with Crippen LogP contribution in [-0.4, -0.2) is 51.1 Å². The molecule has 23 heavy (non-hydrogen) atoms. The number of hydrogen-bond donors (Lipinski definition) is 1. The highest BCUT2D eigenvalue weighted by Gasteiger charge is 2.14. The van der Waals surface area contributed by atoms with Crippen LogP contribution in [0.4, 0.5) is 0 Å². The summed E-state index contributed by atoms with van der Waals surface area (Å²) in [6, 6.07) is 6.03. The number of ether oxygens (including phenoxy) is 1. The second-order valence-electron chi connectivity index (χ2n) is 6.10. The number of benzene rings is 1. The molecule has 6 nitrogen and oxygen atoms in total. The number of aliphatic hydroxyl groups is 1. The van der Waals surface area contributed by atoms with E-state index >= 15 is 0 Å². The summed E-state index contributed by atoms with van der Waals surface area (Å²) in [5.74, 6) is 2.62. The first-order valence-electron chi connectivity index (χ1n) is 7.79. The minimum atomic E-state index is -0.562. The Balaban J connectivity index is 1.84. The lowest BCUT2D eigenvalue weighted by molar-refractivity contribution is 0.0729. The van der Waals surface area contributed by atoms with Crippen molar-refractivity contribution in [3.05, 3.63) is 41.0 Å². The van der Waals surface area contributed by atoms with E-state index in [2.05, 4.69) is 10.2 Å². The maximum atomic E-state index is 10.2. The van der Waals surface area contributed by atoms with E-state index in [0.717, 1.165) is 28.5 Å². The molecule has 126 valence electrons. The molecule has 2 aromatic rings. The van der Waals surface area contributed by atoms with Gasteiger partial charge in [-0.2, -0.15) is 0 Å². The average Bonchev–Trinajstić information content (AvgIpc) is 2.78. The molecule has 0 radical (unpaired) electrons. The predicted molar refractivity (Wildman–Crippen MR) is 89.5 cm³/mol. The number of aromatic nitrogens is 3. The molecule has 1 heterocycles. The molecule has 0 saturated carbocycles. The molecule has 1 unspecified atom stereocenters. The van der Waals surface area contributed by atoms with Crippen molar-refractivity contribution in [2.75, 3.05) is 20.2 Å².